The third-order valence-electron chi connectivity index (χ3n) is 9.50. The summed E-state index contributed by atoms with van der Waals surface area (Å²) in [5, 5.41) is 8.72. The fraction of sp³-hybridized carbons (Fsp3) is 0.250. The van der Waals surface area contributed by atoms with E-state index in [1.54, 1.807) is 46.5 Å². The van der Waals surface area contributed by atoms with E-state index in [4.69, 9.17) is 18.8 Å². The van der Waals surface area contributed by atoms with E-state index >= 15 is 0 Å². The molecule has 9 rings (SSSR count). The smallest absolute Gasteiger partial charge is 0.491 e. The van der Waals surface area contributed by atoms with Crippen LogP contribution < -0.4 is 14.9 Å². The molecule has 0 saturated carbocycles. The predicted molar refractivity (Wildman–Crippen MR) is 212 cm³/mol. The number of nitrogens with zero attached hydrogens (tertiary/aromatic N) is 8. The molecule has 0 unspecified atom stereocenters. The van der Waals surface area contributed by atoms with Gasteiger partial charge in [0.25, 0.3) is 0 Å². The largest absolute Gasteiger partial charge is 0.498 e. The first-order chi connectivity index (χ1) is 26.0. The van der Waals surface area contributed by atoms with Crippen LogP contribution in [0.5, 0.6) is 11.5 Å². The minimum atomic E-state index is -0.384. The molecular formula is C40H40BBrN8O4. The van der Waals surface area contributed by atoms with Gasteiger partial charge in [-0.3, -0.25) is 9.97 Å². The summed E-state index contributed by atoms with van der Waals surface area (Å²) in [7, 11) is -0.384. The minimum absolute atomic E-state index is 0.339. The predicted octanol–water partition coefficient (Wildman–Crippen LogP) is 7.33. The summed E-state index contributed by atoms with van der Waals surface area (Å²) < 4.78 is 27.4. The fourth-order valence-corrected chi connectivity index (χ4v) is 6.04. The quantitative estimate of drug-likeness (QED) is 0.133. The Morgan fingerprint density at radius 3 is 1.83 bits per heavy atom. The van der Waals surface area contributed by atoms with Crippen molar-refractivity contribution in [2.24, 2.45) is 0 Å². The number of hydrogen-bond acceptors (Lipinski definition) is 10. The lowest BCUT2D eigenvalue weighted by molar-refractivity contribution is 0.00578. The standard InChI is InChI=1S/C17H14N4O.C14H18BN3O2.C9H8BrNO/c1-12-6-8-22-16-5-4-15(20-17(12)16)13-9-19-21(11-13)14-3-2-7-18-10-14;1-13(2)14(3,4)20-15(19-13)11-8-17-18(10-11)12-6-5-7-16-9-12;1-6-4-5-12-7-2-3-8(10)11-9(6)7/h2-5,7,9-11H,1,6,8H2;5-10H,1-4H3;2-3H,1,4-5H2. The molecule has 3 aliphatic heterocycles. The van der Waals surface area contributed by atoms with Crippen LogP contribution in [0.15, 0.2) is 116 Å². The van der Waals surface area contributed by atoms with E-state index < -0.39 is 0 Å². The number of fused-ring (bicyclic) bond motifs is 2. The van der Waals surface area contributed by atoms with Crippen LogP contribution in [0.2, 0.25) is 0 Å². The molecule has 1 saturated heterocycles. The SMILES string of the molecule is C=C1CCOc2ccc(-c3cnn(-c4cccnc4)c3)nc21.C=C1CCOc2ccc(Br)nc21.CC1(C)OB(c2cnn(-c3cccnc3)c2)OC1(C)C. The van der Waals surface area contributed by atoms with E-state index in [2.05, 4.69) is 59.2 Å². The van der Waals surface area contributed by atoms with Crippen LogP contribution in [0, 0.1) is 0 Å². The fourth-order valence-electron chi connectivity index (χ4n) is 5.73. The van der Waals surface area contributed by atoms with E-state index in [0.717, 1.165) is 86.2 Å². The Labute approximate surface area is 323 Å². The van der Waals surface area contributed by atoms with Crippen molar-refractivity contribution in [2.45, 2.75) is 51.7 Å². The van der Waals surface area contributed by atoms with Crippen LogP contribution in [0.3, 0.4) is 0 Å². The van der Waals surface area contributed by atoms with Crippen LogP contribution >= 0.6 is 15.9 Å². The Bertz CT molecular complexity index is 2260. The highest BCUT2D eigenvalue weighted by Gasteiger charge is 2.52. The average molecular weight is 788 g/mol. The van der Waals surface area contributed by atoms with Crippen molar-refractivity contribution in [3.8, 4) is 34.1 Å². The Morgan fingerprint density at radius 2 is 1.24 bits per heavy atom. The van der Waals surface area contributed by atoms with Crippen molar-refractivity contribution in [1.29, 1.82) is 0 Å². The molecule has 0 bridgehead atoms. The van der Waals surface area contributed by atoms with Crippen molar-refractivity contribution < 1.29 is 18.8 Å². The van der Waals surface area contributed by atoms with Crippen molar-refractivity contribution in [1.82, 2.24) is 39.5 Å². The highest BCUT2D eigenvalue weighted by atomic mass is 79.9. The van der Waals surface area contributed by atoms with E-state index in [9.17, 15) is 0 Å². The van der Waals surface area contributed by atoms with Gasteiger partial charge in [0.15, 0.2) is 0 Å². The van der Waals surface area contributed by atoms with Gasteiger partial charge in [0.05, 0.1) is 60.1 Å². The van der Waals surface area contributed by atoms with Gasteiger partial charge in [-0.2, -0.15) is 10.2 Å². The molecule has 12 nitrogen and oxygen atoms in total. The second-order valence-corrected chi connectivity index (χ2v) is 14.6. The normalized spacial score (nSPS) is 16.4. The van der Waals surface area contributed by atoms with Crippen LogP contribution in [0.1, 0.15) is 51.9 Å². The molecule has 1 fully saturated rings. The highest BCUT2D eigenvalue weighted by molar-refractivity contribution is 9.10. The number of rotatable bonds is 4. The second-order valence-electron chi connectivity index (χ2n) is 13.8. The second kappa shape index (κ2) is 15.5. The van der Waals surface area contributed by atoms with Crippen LogP contribution in [0.4, 0.5) is 0 Å². The molecule has 0 aromatic carbocycles. The summed E-state index contributed by atoms with van der Waals surface area (Å²) in [6.07, 6.45) is 16.1. The first kappa shape index (κ1) is 36.9. The van der Waals surface area contributed by atoms with Gasteiger partial charge in [-0.25, -0.2) is 19.3 Å². The Balaban J connectivity index is 0.000000130. The third-order valence-corrected chi connectivity index (χ3v) is 9.94. The van der Waals surface area contributed by atoms with Crippen LogP contribution in [-0.4, -0.2) is 71.0 Å². The molecule has 0 atom stereocenters. The van der Waals surface area contributed by atoms with E-state index in [1.807, 2.05) is 88.6 Å². The van der Waals surface area contributed by atoms with Gasteiger partial charge in [0.2, 0.25) is 0 Å². The molecule has 274 valence electrons. The lowest BCUT2D eigenvalue weighted by Gasteiger charge is -2.32. The Kier molecular flexibility index (Phi) is 10.6. The summed E-state index contributed by atoms with van der Waals surface area (Å²) in [6, 6.07) is 15.4. The van der Waals surface area contributed by atoms with Gasteiger partial charge in [-0.1, -0.05) is 13.2 Å². The van der Waals surface area contributed by atoms with Crippen LogP contribution in [-0.2, 0) is 9.31 Å². The Morgan fingerprint density at radius 1 is 0.685 bits per heavy atom. The first-order valence-electron chi connectivity index (χ1n) is 17.5. The zero-order valence-corrected chi connectivity index (χ0v) is 32.2. The maximum absolute atomic E-state index is 6.01. The van der Waals surface area contributed by atoms with Gasteiger partial charge >= 0.3 is 7.12 Å². The van der Waals surface area contributed by atoms with Gasteiger partial charge < -0.3 is 18.8 Å². The molecule has 6 aromatic heterocycles. The van der Waals surface area contributed by atoms with Gasteiger partial charge in [0.1, 0.15) is 27.5 Å². The van der Waals surface area contributed by atoms with Gasteiger partial charge in [-0.05, 0) is 103 Å². The maximum Gasteiger partial charge on any atom is 0.498 e. The first-order valence-corrected chi connectivity index (χ1v) is 18.3. The molecule has 9 heterocycles. The third kappa shape index (κ3) is 8.05. The molecule has 54 heavy (non-hydrogen) atoms. The number of aromatic nitrogens is 8. The summed E-state index contributed by atoms with van der Waals surface area (Å²) in [4.78, 5) is 17.2. The minimum Gasteiger partial charge on any atom is -0.491 e. The van der Waals surface area contributed by atoms with Crippen molar-refractivity contribution >= 4 is 39.7 Å². The van der Waals surface area contributed by atoms with Gasteiger partial charge in [-0.15, -0.1) is 0 Å². The van der Waals surface area contributed by atoms with Crippen molar-refractivity contribution in [3.63, 3.8) is 0 Å². The molecule has 0 N–H and O–H groups in total. The Hall–Kier alpha value is -5.44. The lowest BCUT2D eigenvalue weighted by atomic mass is 9.82. The molecule has 0 amide bonds. The van der Waals surface area contributed by atoms with Crippen molar-refractivity contribution in [3.05, 3.63) is 127 Å². The van der Waals surface area contributed by atoms with E-state index in [1.165, 1.54) is 0 Å². The number of ether oxygens (including phenoxy) is 2. The van der Waals surface area contributed by atoms with Crippen molar-refractivity contribution in [2.75, 3.05) is 13.2 Å². The average Bonchev–Trinajstić information content (AvgIpc) is 3.92. The van der Waals surface area contributed by atoms with Crippen LogP contribution in [0.25, 0.3) is 33.8 Å². The summed E-state index contributed by atoms with van der Waals surface area (Å²) in [5.74, 6) is 1.65. The molecule has 6 aromatic rings. The van der Waals surface area contributed by atoms with E-state index in [-0.39, 0.29) is 18.3 Å². The molecular weight excluding hydrogens is 747 g/mol. The topological polar surface area (TPSA) is 124 Å². The zero-order valence-electron chi connectivity index (χ0n) is 30.6. The number of hydrogen-bond donors (Lipinski definition) is 0. The highest BCUT2D eigenvalue weighted by Crippen LogP contribution is 2.37. The monoisotopic (exact) mass is 786 g/mol. The number of pyridine rings is 4. The molecule has 0 spiro atoms. The summed E-state index contributed by atoms with van der Waals surface area (Å²) >= 11 is 3.31. The number of halogens is 1. The zero-order chi connectivity index (χ0) is 37.9. The summed E-state index contributed by atoms with van der Waals surface area (Å²) in [5.41, 5.74) is 7.67. The van der Waals surface area contributed by atoms with E-state index in [0.29, 0.717) is 6.61 Å². The summed E-state index contributed by atoms with van der Waals surface area (Å²) in [6.45, 7) is 17.6. The molecule has 0 aliphatic carbocycles. The molecule has 0 radical (unpaired) electrons. The molecule has 3 aliphatic rings. The maximum atomic E-state index is 6.01. The lowest BCUT2D eigenvalue weighted by Crippen LogP contribution is -2.41. The molecule has 14 heteroatoms. The van der Waals surface area contributed by atoms with Gasteiger partial charge in [0, 0.05) is 54.9 Å².